The monoisotopic (exact) mass is 534 g/mol. The van der Waals surface area contributed by atoms with E-state index in [9.17, 15) is 10.1 Å². The Labute approximate surface area is 217 Å². The van der Waals surface area contributed by atoms with Crippen molar-refractivity contribution in [1.29, 1.82) is 5.26 Å². The van der Waals surface area contributed by atoms with Crippen molar-refractivity contribution in [2.24, 2.45) is 0 Å². The lowest BCUT2D eigenvalue weighted by Gasteiger charge is -2.12. The zero-order valence-corrected chi connectivity index (χ0v) is 20.9. The van der Waals surface area contributed by atoms with Crippen molar-refractivity contribution in [3.8, 4) is 17.6 Å². The van der Waals surface area contributed by atoms with Crippen molar-refractivity contribution < 1.29 is 14.3 Å². The summed E-state index contributed by atoms with van der Waals surface area (Å²) in [6, 6.07) is 17.0. The van der Waals surface area contributed by atoms with E-state index in [-0.39, 0.29) is 28.0 Å². The molecule has 9 heteroatoms. The van der Waals surface area contributed by atoms with Crippen LogP contribution in [0.3, 0.4) is 0 Å². The van der Waals surface area contributed by atoms with Gasteiger partial charge in [-0.05, 0) is 60.5 Å². The fourth-order valence-corrected chi connectivity index (χ4v) is 3.86. The molecule has 0 saturated carbocycles. The van der Waals surface area contributed by atoms with Gasteiger partial charge in [-0.15, -0.1) is 0 Å². The molecule has 0 heterocycles. The summed E-state index contributed by atoms with van der Waals surface area (Å²) in [7, 11) is 0. The fraction of sp³-hybridized carbons (Fsp3) is 0.120. The van der Waals surface area contributed by atoms with E-state index < -0.39 is 5.91 Å². The van der Waals surface area contributed by atoms with E-state index in [1.807, 2.05) is 13.0 Å². The predicted molar refractivity (Wildman–Crippen MR) is 137 cm³/mol. The van der Waals surface area contributed by atoms with Crippen LogP contribution in [0.2, 0.25) is 20.1 Å². The first kappa shape index (κ1) is 25.7. The Morgan fingerprint density at radius 3 is 2.35 bits per heavy atom. The van der Waals surface area contributed by atoms with E-state index in [2.05, 4.69) is 5.32 Å². The molecule has 0 unspecified atom stereocenters. The smallest absolute Gasteiger partial charge is 0.266 e. The van der Waals surface area contributed by atoms with Gasteiger partial charge in [0.05, 0.1) is 26.7 Å². The highest BCUT2D eigenvalue weighted by atomic mass is 35.5. The molecular weight excluding hydrogens is 518 g/mol. The van der Waals surface area contributed by atoms with E-state index >= 15 is 0 Å². The second-order valence-electron chi connectivity index (χ2n) is 6.94. The minimum absolute atomic E-state index is 0.126. The fourth-order valence-electron chi connectivity index (χ4n) is 2.93. The third-order valence-electron chi connectivity index (χ3n) is 4.47. The molecule has 1 amide bonds. The van der Waals surface area contributed by atoms with Gasteiger partial charge in [0.25, 0.3) is 5.91 Å². The number of carbonyl (C=O) groups excluding carboxylic acids is 1. The molecule has 1 N–H and O–H groups in total. The number of amides is 1. The number of rotatable bonds is 8. The Morgan fingerprint density at radius 1 is 0.971 bits per heavy atom. The average Bonchev–Trinajstić information content (AvgIpc) is 2.79. The molecule has 0 radical (unpaired) electrons. The van der Waals surface area contributed by atoms with Gasteiger partial charge in [0.15, 0.2) is 5.75 Å². The van der Waals surface area contributed by atoms with Gasteiger partial charge in [-0.1, -0.05) is 58.5 Å². The summed E-state index contributed by atoms with van der Waals surface area (Å²) in [6.07, 6.45) is 1.39. The van der Waals surface area contributed by atoms with E-state index in [1.54, 1.807) is 54.6 Å². The van der Waals surface area contributed by atoms with Crippen LogP contribution < -0.4 is 14.8 Å². The third kappa shape index (κ3) is 6.82. The normalized spacial score (nSPS) is 11.0. The number of ether oxygens (including phenoxy) is 2. The molecule has 0 aromatic heterocycles. The average molecular weight is 536 g/mol. The van der Waals surface area contributed by atoms with E-state index in [0.29, 0.717) is 33.7 Å². The molecular formula is C25H18Cl4N2O3. The van der Waals surface area contributed by atoms with Crippen LogP contribution in [-0.4, -0.2) is 12.5 Å². The standard InChI is InChI=1S/C25H18Cl4N2O3/c1-2-33-19-5-3-4-18(12-19)31-25(32)17(13-30)8-16-10-22(28)24(23(29)11-16)34-14-15-6-7-20(26)21(27)9-15/h3-12H,2,14H2,1H3,(H,31,32)/b17-8-. The van der Waals surface area contributed by atoms with Crippen molar-refractivity contribution in [1.82, 2.24) is 0 Å². The van der Waals surface area contributed by atoms with Crippen LogP contribution in [0.15, 0.2) is 60.2 Å². The lowest BCUT2D eigenvalue weighted by atomic mass is 10.1. The summed E-state index contributed by atoms with van der Waals surface area (Å²) >= 11 is 24.7. The topological polar surface area (TPSA) is 71.3 Å². The summed E-state index contributed by atoms with van der Waals surface area (Å²) < 4.78 is 11.2. The molecule has 174 valence electrons. The minimum Gasteiger partial charge on any atom is -0.494 e. The van der Waals surface area contributed by atoms with Crippen molar-refractivity contribution in [3.05, 3.63) is 91.4 Å². The van der Waals surface area contributed by atoms with Gasteiger partial charge < -0.3 is 14.8 Å². The third-order valence-corrected chi connectivity index (χ3v) is 5.77. The zero-order chi connectivity index (χ0) is 24.7. The van der Waals surface area contributed by atoms with Gasteiger partial charge in [0, 0.05) is 11.8 Å². The summed E-state index contributed by atoms with van der Waals surface area (Å²) in [5, 5.41) is 13.5. The highest BCUT2D eigenvalue weighted by Crippen LogP contribution is 2.36. The van der Waals surface area contributed by atoms with Crippen molar-refractivity contribution in [2.45, 2.75) is 13.5 Å². The largest absolute Gasteiger partial charge is 0.494 e. The maximum absolute atomic E-state index is 12.6. The number of nitrogens with zero attached hydrogens (tertiary/aromatic N) is 1. The lowest BCUT2D eigenvalue weighted by Crippen LogP contribution is -2.13. The van der Waals surface area contributed by atoms with Gasteiger partial charge in [0.2, 0.25) is 0 Å². The first-order valence-corrected chi connectivity index (χ1v) is 11.5. The highest BCUT2D eigenvalue weighted by molar-refractivity contribution is 6.42. The van der Waals surface area contributed by atoms with Crippen LogP contribution in [-0.2, 0) is 11.4 Å². The van der Waals surface area contributed by atoms with Crippen LogP contribution in [0.5, 0.6) is 11.5 Å². The van der Waals surface area contributed by atoms with Crippen LogP contribution in [0.1, 0.15) is 18.1 Å². The Morgan fingerprint density at radius 2 is 1.71 bits per heavy atom. The van der Waals surface area contributed by atoms with Crippen molar-refractivity contribution in [2.75, 3.05) is 11.9 Å². The molecule has 0 fully saturated rings. The highest BCUT2D eigenvalue weighted by Gasteiger charge is 2.14. The number of hydrogen-bond acceptors (Lipinski definition) is 4. The van der Waals surface area contributed by atoms with Crippen LogP contribution in [0.4, 0.5) is 5.69 Å². The molecule has 0 bridgehead atoms. The van der Waals surface area contributed by atoms with Gasteiger partial charge >= 0.3 is 0 Å². The second kappa shape index (κ2) is 12.0. The molecule has 34 heavy (non-hydrogen) atoms. The molecule has 0 atom stereocenters. The number of carbonyl (C=O) groups is 1. The maximum Gasteiger partial charge on any atom is 0.266 e. The van der Waals surface area contributed by atoms with Crippen molar-refractivity contribution in [3.63, 3.8) is 0 Å². The number of nitriles is 1. The van der Waals surface area contributed by atoms with Crippen LogP contribution >= 0.6 is 46.4 Å². The number of nitrogens with one attached hydrogen (secondary N) is 1. The van der Waals surface area contributed by atoms with E-state index in [4.69, 9.17) is 55.9 Å². The molecule has 0 aliphatic rings. The van der Waals surface area contributed by atoms with E-state index in [0.717, 1.165) is 5.56 Å². The Kier molecular flexibility index (Phi) is 9.09. The van der Waals surface area contributed by atoms with Crippen LogP contribution in [0, 0.1) is 11.3 Å². The number of anilines is 1. The van der Waals surface area contributed by atoms with Gasteiger partial charge in [-0.25, -0.2) is 0 Å². The van der Waals surface area contributed by atoms with Gasteiger partial charge in [-0.3, -0.25) is 4.79 Å². The Balaban J connectivity index is 1.75. The summed E-state index contributed by atoms with van der Waals surface area (Å²) in [5.74, 6) is 0.295. The molecule has 5 nitrogen and oxygen atoms in total. The van der Waals surface area contributed by atoms with Crippen LogP contribution in [0.25, 0.3) is 6.08 Å². The first-order valence-electron chi connectivity index (χ1n) is 10.0. The Bertz CT molecular complexity index is 1260. The van der Waals surface area contributed by atoms with E-state index in [1.165, 1.54) is 6.08 Å². The first-order chi connectivity index (χ1) is 16.3. The summed E-state index contributed by atoms with van der Waals surface area (Å²) in [4.78, 5) is 12.6. The van der Waals surface area contributed by atoms with Gasteiger partial charge in [-0.2, -0.15) is 5.26 Å². The minimum atomic E-state index is -0.580. The maximum atomic E-state index is 12.6. The molecule has 3 aromatic carbocycles. The quantitative estimate of drug-likeness (QED) is 0.235. The SMILES string of the molecule is CCOc1cccc(NC(=O)/C(C#N)=C\c2cc(Cl)c(OCc3ccc(Cl)c(Cl)c3)c(Cl)c2)c1. The molecule has 0 saturated heterocycles. The molecule has 0 aliphatic heterocycles. The molecule has 0 spiro atoms. The molecule has 0 aliphatic carbocycles. The summed E-state index contributed by atoms with van der Waals surface area (Å²) in [5.41, 5.74) is 1.62. The predicted octanol–water partition coefficient (Wildman–Crippen LogP) is 7.82. The second-order valence-corrected chi connectivity index (χ2v) is 8.56. The number of hydrogen-bond donors (Lipinski definition) is 1. The number of benzene rings is 3. The Hall–Kier alpha value is -2.88. The lowest BCUT2D eigenvalue weighted by molar-refractivity contribution is -0.112. The number of halogens is 4. The molecule has 3 rings (SSSR count). The summed E-state index contributed by atoms with van der Waals surface area (Å²) in [6.45, 7) is 2.52. The van der Waals surface area contributed by atoms with Crippen molar-refractivity contribution >= 4 is 64.1 Å². The molecule has 3 aromatic rings. The van der Waals surface area contributed by atoms with Gasteiger partial charge in [0.1, 0.15) is 24.0 Å². The zero-order valence-electron chi connectivity index (χ0n) is 17.9.